The van der Waals surface area contributed by atoms with Crippen molar-refractivity contribution in [2.45, 2.75) is 0 Å². The molecule has 27 heavy (non-hydrogen) atoms. The van der Waals surface area contributed by atoms with Gasteiger partial charge in [0.05, 0.1) is 5.56 Å². The van der Waals surface area contributed by atoms with Gasteiger partial charge in [-0.15, -0.1) is 0 Å². The van der Waals surface area contributed by atoms with E-state index >= 15 is 0 Å². The van der Waals surface area contributed by atoms with Crippen molar-refractivity contribution in [2.75, 3.05) is 10.6 Å². The summed E-state index contributed by atoms with van der Waals surface area (Å²) in [6.07, 6.45) is 0. The van der Waals surface area contributed by atoms with E-state index in [9.17, 15) is 9.59 Å². The summed E-state index contributed by atoms with van der Waals surface area (Å²) < 4.78 is 1.88. The molecule has 2 N–H and O–H groups in total. The molecular weight excluding hydrogens is 589 g/mol. The van der Waals surface area contributed by atoms with E-state index in [1.807, 2.05) is 18.2 Å². The van der Waals surface area contributed by atoms with Crippen LogP contribution in [-0.2, 0) is 0 Å². The monoisotopic (exact) mass is 602 g/mol. The summed E-state index contributed by atoms with van der Waals surface area (Å²) in [4.78, 5) is 24.7. The van der Waals surface area contributed by atoms with E-state index in [1.165, 1.54) is 0 Å². The number of carbonyl (C=O) groups is 2. The van der Waals surface area contributed by atoms with Crippen LogP contribution in [0.3, 0.4) is 0 Å². The Balaban J connectivity index is 1.67. The van der Waals surface area contributed by atoms with Crippen LogP contribution in [0, 0.1) is 7.14 Å². The number of benzene rings is 3. The van der Waals surface area contributed by atoms with E-state index in [1.54, 1.807) is 48.5 Å². The van der Waals surface area contributed by atoms with Crippen LogP contribution in [0.2, 0.25) is 5.02 Å². The van der Waals surface area contributed by atoms with Crippen molar-refractivity contribution in [1.82, 2.24) is 0 Å². The Hall–Kier alpha value is -1.65. The van der Waals surface area contributed by atoms with Crippen molar-refractivity contribution in [3.8, 4) is 0 Å². The number of hydrogen-bond acceptors (Lipinski definition) is 2. The lowest BCUT2D eigenvalue weighted by atomic mass is 10.2. The Morgan fingerprint density at radius 1 is 0.778 bits per heavy atom. The normalized spacial score (nSPS) is 10.3. The molecule has 0 radical (unpaired) electrons. The summed E-state index contributed by atoms with van der Waals surface area (Å²) in [5.74, 6) is -0.420. The Morgan fingerprint density at radius 3 is 2.04 bits per heavy atom. The van der Waals surface area contributed by atoms with Gasteiger partial charge < -0.3 is 10.6 Å². The summed E-state index contributed by atoms with van der Waals surface area (Å²) >= 11 is 10.2. The molecule has 3 aromatic rings. The van der Waals surface area contributed by atoms with Gasteiger partial charge in [-0.1, -0.05) is 17.7 Å². The lowest BCUT2D eigenvalue weighted by Crippen LogP contribution is -2.14. The smallest absolute Gasteiger partial charge is 0.256 e. The van der Waals surface area contributed by atoms with Crippen molar-refractivity contribution in [3.63, 3.8) is 0 Å². The molecule has 0 heterocycles. The van der Waals surface area contributed by atoms with Gasteiger partial charge in [-0.2, -0.15) is 0 Å². The molecule has 2 amide bonds. The molecular formula is C20H13ClI2N2O2. The molecule has 0 saturated heterocycles. The Labute approximate surface area is 189 Å². The van der Waals surface area contributed by atoms with E-state index in [0.29, 0.717) is 27.5 Å². The summed E-state index contributed by atoms with van der Waals surface area (Å²) in [6, 6.07) is 19.4. The van der Waals surface area contributed by atoms with E-state index in [-0.39, 0.29) is 11.8 Å². The fourth-order valence-electron chi connectivity index (χ4n) is 2.34. The number of amides is 2. The van der Waals surface area contributed by atoms with Crippen molar-refractivity contribution in [1.29, 1.82) is 0 Å². The van der Waals surface area contributed by atoms with Crippen molar-refractivity contribution >= 4 is 80.0 Å². The zero-order chi connectivity index (χ0) is 19.4. The molecule has 0 aliphatic heterocycles. The molecule has 0 saturated carbocycles. The minimum absolute atomic E-state index is 0.173. The van der Waals surface area contributed by atoms with Crippen LogP contribution in [0.15, 0.2) is 66.7 Å². The average molecular weight is 603 g/mol. The molecule has 0 unspecified atom stereocenters. The third-order valence-corrected chi connectivity index (χ3v) is 5.51. The lowest BCUT2D eigenvalue weighted by Gasteiger charge is -2.09. The molecule has 0 fully saturated rings. The number of halogens is 3. The Morgan fingerprint density at radius 2 is 1.41 bits per heavy atom. The second-order valence-electron chi connectivity index (χ2n) is 5.62. The average Bonchev–Trinajstić information content (AvgIpc) is 2.65. The summed E-state index contributed by atoms with van der Waals surface area (Å²) in [7, 11) is 0. The van der Waals surface area contributed by atoms with Crippen molar-refractivity contribution in [2.24, 2.45) is 0 Å². The van der Waals surface area contributed by atoms with Gasteiger partial charge in [0.15, 0.2) is 0 Å². The highest BCUT2D eigenvalue weighted by Crippen LogP contribution is 2.20. The van der Waals surface area contributed by atoms with Crippen molar-refractivity contribution in [3.05, 3.63) is 90.0 Å². The molecule has 0 aromatic heterocycles. The number of rotatable bonds is 4. The fraction of sp³-hybridized carbons (Fsp3) is 0. The third kappa shape index (κ3) is 5.43. The highest BCUT2D eigenvalue weighted by Gasteiger charge is 2.11. The first-order valence-corrected chi connectivity index (χ1v) is 10.4. The molecule has 0 bridgehead atoms. The highest BCUT2D eigenvalue weighted by molar-refractivity contribution is 14.1. The van der Waals surface area contributed by atoms with E-state index < -0.39 is 0 Å². The fourth-order valence-corrected chi connectivity index (χ4v) is 3.60. The molecule has 4 nitrogen and oxygen atoms in total. The minimum Gasteiger partial charge on any atom is -0.322 e. The first-order chi connectivity index (χ1) is 12.9. The van der Waals surface area contributed by atoms with Crippen molar-refractivity contribution < 1.29 is 9.59 Å². The number of carbonyl (C=O) groups excluding carboxylic acids is 2. The van der Waals surface area contributed by atoms with Crippen LogP contribution in [0.25, 0.3) is 0 Å². The first-order valence-electron chi connectivity index (χ1n) is 7.86. The van der Waals surface area contributed by atoms with Gasteiger partial charge in [-0.25, -0.2) is 0 Å². The van der Waals surface area contributed by atoms with Crippen LogP contribution in [0.4, 0.5) is 11.4 Å². The SMILES string of the molecule is O=C(Nc1ccc(NC(=O)c2cc(I)ccc2I)cc1)c1cccc(Cl)c1. The molecule has 3 aromatic carbocycles. The molecule has 3 rings (SSSR count). The largest absolute Gasteiger partial charge is 0.322 e. The molecule has 136 valence electrons. The van der Waals surface area contributed by atoms with Crippen LogP contribution in [-0.4, -0.2) is 11.8 Å². The van der Waals surface area contributed by atoms with Crippen LogP contribution in [0.1, 0.15) is 20.7 Å². The van der Waals surface area contributed by atoms with E-state index in [4.69, 9.17) is 11.6 Å². The van der Waals surface area contributed by atoms with Gasteiger partial charge in [0, 0.05) is 29.1 Å². The van der Waals surface area contributed by atoms with Crippen LogP contribution >= 0.6 is 56.8 Å². The predicted octanol–water partition coefficient (Wildman–Crippen LogP) is 6.05. The van der Waals surface area contributed by atoms with Gasteiger partial charge in [0.2, 0.25) is 0 Å². The lowest BCUT2D eigenvalue weighted by molar-refractivity contribution is 0.101. The third-order valence-electron chi connectivity index (χ3n) is 3.66. The molecule has 7 heteroatoms. The standard InChI is InChI=1S/C20H13ClI2N2O2/c21-13-3-1-2-12(10-13)19(26)24-15-5-7-16(8-6-15)25-20(27)17-11-14(22)4-9-18(17)23/h1-11H,(H,24,26)(H,25,27). The second-order valence-corrected chi connectivity index (χ2v) is 8.46. The zero-order valence-electron chi connectivity index (χ0n) is 13.8. The molecule has 0 atom stereocenters. The number of anilines is 2. The first kappa shape index (κ1) is 20.1. The molecule has 0 aliphatic carbocycles. The minimum atomic E-state index is -0.247. The maximum atomic E-state index is 12.5. The molecule has 0 aliphatic rings. The number of hydrogen-bond donors (Lipinski definition) is 2. The maximum absolute atomic E-state index is 12.5. The maximum Gasteiger partial charge on any atom is 0.256 e. The molecule has 0 spiro atoms. The van der Waals surface area contributed by atoms with Crippen LogP contribution < -0.4 is 10.6 Å². The zero-order valence-corrected chi connectivity index (χ0v) is 18.9. The van der Waals surface area contributed by atoms with Gasteiger partial charge in [0.25, 0.3) is 11.8 Å². The van der Waals surface area contributed by atoms with Gasteiger partial charge in [0.1, 0.15) is 0 Å². The van der Waals surface area contributed by atoms with Gasteiger partial charge in [-0.05, 0) is 106 Å². The van der Waals surface area contributed by atoms with E-state index in [0.717, 1.165) is 7.14 Å². The highest BCUT2D eigenvalue weighted by atomic mass is 127. The summed E-state index contributed by atoms with van der Waals surface area (Å²) in [6.45, 7) is 0. The van der Waals surface area contributed by atoms with Gasteiger partial charge in [-0.3, -0.25) is 9.59 Å². The summed E-state index contributed by atoms with van der Waals surface area (Å²) in [5.41, 5.74) is 2.38. The topological polar surface area (TPSA) is 58.2 Å². The second kappa shape index (κ2) is 9.03. The number of nitrogens with one attached hydrogen (secondary N) is 2. The van der Waals surface area contributed by atoms with E-state index in [2.05, 4.69) is 55.8 Å². The Kier molecular flexibility index (Phi) is 6.72. The van der Waals surface area contributed by atoms with Crippen LogP contribution in [0.5, 0.6) is 0 Å². The summed E-state index contributed by atoms with van der Waals surface area (Å²) in [5, 5.41) is 6.18. The predicted molar refractivity (Wildman–Crippen MR) is 126 cm³/mol. The Bertz CT molecular complexity index is 1010. The quantitative estimate of drug-likeness (QED) is 0.357. The van der Waals surface area contributed by atoms with Gasteiger partial charge >= 0.3 is 0 Å².